The van der Waals surface area contributed by atoms with Crippen LogP contribution in [0.3, 0.4) is 0 Å². The molecule has 1 atom stereocenters. The average molecular weight is 312 g/mol. The maximum Gasteiger partial charge on any atom is 0.249 e. The van der Waals surface area contributed by atoms with Crippen molar-refractivity contribution in [1.82, 2.24) is 40.5 Å². The van der Waals surface area contributed by atoms with Gasteiger partial charge in [0.1, 0.15) is 6.33 Å². The Morgan fingerprint density at radius 2 is 2.04 bits per heavy atom. The topological polar surface area (TPSA) is 103 Å². The summed E-state index contributed by atoms with van der Waals surface area (Å²) in [5.74, 6) is -0.151. The van der Waals surface area contributed by atoms with Crippen molar-refractivity contribution in [3.05, 3.63) is 54.6 Å². The first kappa shape index (κ1) is 14.8. The van der Waals surface area contributed by atoms with Crippen LogP contribution in [0.25, 0.3) is 0 Å². The summed E-state index contributed by atoms with van der Waals surface area (Å²) in [6, 6.07) is 8.83. The van der Waals surface area contributed by atoms with Crippen molar-refractivity contribution in [3.63, 3.8) is 0 Å². The van der Waals surface area contributed by atoms with Crippen molar-refractivity contribution in [2.75, 3.05) is 6.54 Å². The molecule has 0 aliphatic heterocycles. The molecule has 0 fully saturated rings. The normalized spacial score (nSPS) is 12.0. The van der Waals surface area contributed by atoms with E-state index in [1.807, 2.05) is 30.3 Å². The number of carbonyl (C=O) groups excluding carboxylic acids is 1. The first-order valence-corrected chi connectivity index (χ1v) is 7.24. The highest BCUT2D eigenvalue weighted by Gasteiger charge is 2.23. The maximum absolute atomic E-state index is 12.5. The molecular formula is C14H16N8O. The van der Waals surface area contributed by atoms with Gasteiger partial charge in [0.15, 0.2) is 6.04 Å². The Kier molecular flexibility index (Phi) is 4.67. The number of nitrogens with one attached hydrogen (secondary N) is 1. The van der Waals surface area contributed by atoms with Crippen LogP contribution in [-0.2, 0) is 11.3 Å². The number of rotatable bonds is 7. The number of nitrogens with zero attached hydrogens (tertiary/aromatic N) is 7. The molecule has 23 heavy (non-hydrogen) atoms. The number of tetrazole rings is 1. The molecule has 118 valence electrons. The van der Waals surface area contributed by atoms with Crippen LogP contribution in [0.5, 0.6) is 0 Å². The summed E-state index contributed by atoms with van der Waals surface area (Å²) in [4.78, 5) is 12.5. The highest BCUT2D eigenvalue weighted by molar-refractivity contribution is 5.83. The molecule has 1 aromatic carbocycles. The summed E-state index contributed by atoms with van der Waals surface area (Å²) in [6.45, 7) is 1.23. The largest absolute Gasteiger partial charge is 0.354 e. The molecule has 0 aliphatic rings. The molecule has 0 bridgehead atoms. The molecule has 9 heteroatoms. The van der Waals surface area contributed by atoms with Gasteiger partial charge < -0.3 is 5.32 Å². The van der Waals surface area contributed by atoms with E-state index < -0.39 is 6.04 Å². The Morgan fingerprint density at radius 3 is 2.74 bits per heavy atom. The first-order chi connectivity index (χ1) is 11.3. The van der Waals surface area contributed by atoms with E-state index in [1.165, 1.54) is 11.0 Å². The molecule has 9 nitrogen and oxygen atoms in total. The second-order valence-corrected chi connectivity index (χ2v) is 4.91. The predicted octanol–water partition coefficient (Wildman–Crippen LogP) is 0.0605. The Balaban J connectivity index is 1.62. The Morgan fingerprint density at radius 1 is 1.17 bits per heavy atom. The second kappa shape index (κ2) is 7.25. The smallest absolute Gasteiger partial charge is 0.249 e. The zero-order valence-corrected chi connectivity index (χ0v) is 12.4. The monoisotopic (exact) mass is 312 g/mol. The molecule has 1 amide bonds. The lowest BCUT2D eigenvalue weighted by molar-refractivity contribution is -0.123. The molecule has 0 spiro atoms. The van der Waals surface area contributed by atoms with E-state index in [2.05, 4.69) is 31.2 Å². The number of hydrogen-bond donors (Lipinski definition) is 1. The molecule has 0 saturated heterocycles. The Bertz CT molecular complexity index is 711. The van der Waals surface area contributed by atoms with Gasteiger partial charge in [-0.15, -0.1) is 10.2 Å². The van der Waals surface area contributed by atoms with Gasteiger partial charge >= 0.3 is 0 Å². The van der Waals surface area contributed by atoms with E-state index >= 15 is 0 Å². The minimum atomic E-state index is -0.586. The van der Waals surface area contributed by atoms with Crippen LogP contribution in [0.1, 0.15) is 18.0 Å². The lowest BCUT2D eigenvalue weighted by Gasteiger charge is -2.16. The molecule has 0 radical (unpaired) electrons. The van der Waals surface area contributed by atoms with Crippen LogP contribution in [0.15, 0.2) is 49.1 Å². The lowest BCUT2D eigenvalue weighted by Crippen LogP contribution is -2.34. The van der Waals surface area contributed by atoms with Crippen LogP contribution in [0.2, 0.25) is 0 Å². The van der Waals surface area contributed by atoms with Crippen molar-refractivity contribution in [3.8, 4) is 0 Å². The SMILES string of the molecule is O=C(NCCCn1ccnn1)[C@H](c1ccccc1)n1cnnn1. The summed E-state index contributed by atoms with van der Waals surface area (Å²) in [7, 11) is 0. The van der Waals surface area contributed by atoms with Crippen LogP contribution in [0, 0.1) is 0 Å². The van der Waals surface area contributed by atoms with Gasteiger partial charge in [-0.1, -0.05) is 35.5 Å². The highest BCUT2D eigenvalue weighted by Crippen LogP contribution is 2.16. The summed E-state index contributed by atoms with van der Waals surface area (Å²) in [5.41, 5.74) is 0.827. The van der Waals surface area contributed by atoms with E-state index in [1.54, 1.807) is 17.1 Å². The molecule has 3 rings (SSSR count). The zero-order chi connectivity index (χ0) is 15.9. The third kappa shape index (κ3) is 3.76. The fraction of sp³-hybridized carbons (Fsp3) is 0.286. The van der Waals surface area contributed by atoms with Gasteiger partial charge in [0.2, 0.25) is 5.91 Å². The summed E-state index contributed by atoms with van der Waals surface area (Å²) in [5, 5.41) is 21.6. The molecule has 2 aromatic heterocycles. The van der Waals surface area contributed by atoms with Crippen molar-refractivity contribution in [2.24, 2.45) is 0 Å². The molecule has 0 aliphatic carbocycles. The van der Waals surface area contributed by atoms with Gasteiger partial charge in [-0.3, -0.25) is 9.48 Å². The standard InChI is InChI=1S/C14H16N8O/c23-14(15-7-4-9-21-10-8-16-19-21)13(22-11-17-18-20-22)12-5-2-1-3-6-12/h1-3,5-6,8,10-11,13H,4,7,9H2,(H,15,23)/t13-/m0/s1. The fourth-order valence-corrected chi connectivity index (χ4v) is 2.25. The van der Waals surface area contributed by atoms with Crippen molar-refractivity contribution in [2.45, 2.75) is 19.0 Å². The van der Waals surface area contributed by atoms with Gasteiger partial charge in [0, 0.05) is 19.3 Å². The third-order valence-corrected chi connectivity index (χ3v) is 3.33. The average Bonchev–Trinajstić information content (AvgIpc) is 3.27. The molecule has 3 aromatic rings. The van der Waals surface area contributed by atoms with E-state index in [0.29, 0.717) is 13.1 Å². The fourth-order valence-electron chi connectivity index (χ4n) is 2.25. The van der Waals surface area contributed by atoms with Gasteiger partial charge in [-0.2, -0.15) is 0 Å². The zero-order valence-electron chi connectivity index (χ0n) is 12.4. The van der Waals surface area contributed by atoms with Crippen molar-refractivity contribution in [1.29, 1.82) is 0 Å². The summed E-state index contributed by atoms with van der Waals surface area (Å²) >= 11 is 0. The number of aromatic nitrogens is 7. The summed E-state index contributed by atoms with van der Waals surface area (Å²) in [6.07, 6.45) is 5.61. The molecule has 0 saturated carbocycles. The number of aryl methyl sites for hydroxylation is 1. The van der Waals surface area contributed by atoms with E-state index in [4.69, 9.17) is 0 Å². The third-order valence-electron chi connectivity index (χ3n) is 3.33. The predicted molar refractivity (Wildman–Crippen MR) is 80.0 cm³/mol. The minimum Gasteiger partial charge on any atom is -0.354 e. The quantitative estimate of drug-likeness (QED) is 0.619. The number of hydrogen-bond acceptors (Lipinski definition) is 6. The van der Waals surface area contributed by atoms with Crippen molar-refractivity contribution < 1.29 is 4.79 Å². The summed E-state index contributed by atoms with van der Waals surface area (Å²) < 4.78 is 3.17. The molecular weight excluding hydrogens is 296 g/mol. The number of amides is 1. The maximum atomic E-state index is 12.5. The highest BCUT2D eigenvalue weighted by atomic mass is 16.2. The second-order valence-electron chi connectivity index (χ2n) is 4.91. The first-order valence-electron chi connectivity index (χ1n) is 7.24. The van der Waals surface area contributed by atoms with Gasteiger partial charge in [0.25, 0.3) is 0 Å². The van der Waals surface area contributed by atoms with Crippen LogP contribution >= 0.6 is 0 Å². The molecule has 1 N–H and O–H groups in total. The van der Waals surface area contributed by atoms with Crippen LogP contribution in [-0.4, -0.2) is 47.7 Å². The lowest BCUT2D eigenvalue weighted by atomic mass is 10.1. The Hall–Kier alpha value is -3.10. The molecule has 2 heterocycles. The van der Waals surface area contributed by atoms with E-state index in [0.717, 1.165) is 12.0 Å². The molecule has 0 unspecified atom stereocenters. The minimum absolute atomic E-state index is 0.151. The number of carbonyl (C=O) groups is 1. The van der Waals surface area contributed by atoms with E-state index in [9.17, 15) is 4.79 Å². The van der Waals surface area contributed by atoms with Crippen molar-refractivity contribution >= 4 is 5.91 Å². The van der Waals surface area contributed by atoms with E-state index in [-0.39, 0.29) is 5.91 Å². The van der Waals surface area contributed by atoms with Gasteiger partial charge in [0.05, 0.1) is 6.20 Å². The van der Waals surface area contributed by atoms with Gasteiger partial charge in [-0.25, -0.2) is 4.68 Å². The Labute approximate surface area is 132 Å². The van der Waals surface area contributed by atoms with Crippen LogP contribution in [0.4, 0.5) is 0 Å². The number of benzene rings is 1. The van der Waals surface area contributed by atoms with Gasteiger partial charge in [-0.05, 0) is 22.4 Å². The van der Waals surface area contributed by atoms with Crippen LogP contribution < -0.4 is 5.32 Å².